The van der Waals surface area contributed by atoms with Crippen molar-refractivity contribution >= 4 is 33.2 Å². The molecule has 0 saturated heterocycles. The van der Waals surface area contributed by atoms with Crippen molar-refractivity contribution in [2.45, 2.75) is 0 Å². The molecule has 0 aliphatic rings. The second-order valence-electron chi connectivity index (χ2n) is 3.85. The standard InChI is InChI=1S/C14H8ClNOS/c15-11-5-3-9(4-6-11)12-8-10-2-1-7-16-13(10)18-14(12)17/h1-8H. The van der Waals surface area contributed by atoms with Crippen LogP contribution in [0.5, 0.6) is 0 Å². The smallest absolute Gasteiger partial charge is 0.242 e. The predicted molar refractivity (Wildman–Crippen MR) is 76.3 cm³/mol. The zero-order valence-corrected chi connectivity index (χ0v) is 10.8. The molecule has 3 rings (SSSR count). The number of halogens is 1. The summed E-state index contributed by atoms with van der Waals surface area (Å²) in [6, 6.07) is 13.0. The summed E-state index contributed by atoms with van der Waals surface area (Å²) in [6.45, 7) is 0. The van der Waals surface area contributed by atoms with Crippen molar-refractivity contribution in [1.29, 1.82) is 0 Å². The molecule has 0 bridgehead atoms. The van der Waals surface area contributed by atoms with Crippen molar-refractivity contribution in [3.05, 3.63) is 63.2 Å². The highest BCUT2D eigenvalue weighted by Crippen LogP contribution is 2.23. The average molecular weight is 274 g/mol. The molecule has 0 N–H and O–H groups in total. The van der Waals surface area contributed by atoms with Crippen LogP contribution < -0.4 is 4.74 Å². The third kappa shape index (κ3) is 2.03. The Morgan fingerprint density at radius 2 is 1.89 bits per heavy atom. The molecule has 0 aliphatic carbocycles. The molecule has 2 nitrogen and oxygen atoms in total. The van der Waals surface area contributed by atoms with Crippen molar-refractivity contribution in [3.8, 4) is 11.1 Å². The monoisotopic (exact) mass is 273 g/mol. The van der Waals surface area contributed by atoms with Gasteiger partial charge in [0.25, 0.3) is 0 Å². The molecule has 2 heterocycles. The lowest BCUT2D eigenvalue weighted by Gasteiger charge is -2.02. The van der Waals surface area contributed by atoms with Gasteiger partial charge in [-0.25, -0.2) is 4.98 Å². The summed E-state index contributed by atoms with van der Waals surface area (Å²) in [7, 11) is 0. The Labute approximate surface area is 113 Å². The summed E-state index contributed by atoms with van der Waals surface area (Å²) in [5, 5.41) is 1.64. The van der Waals surface area contributed by atoms with Crippen LogP contribution in [-0.2, 0) is 0 Å². The minimum Gasteiger partial charge on any atom is -0.277 e. The first-order valence-corrected chi connectivity index (χ1v) is 6.58. The van der Waals surface area contributed by atoms with Gasteiger partial charge in [-0.1, -0.05) is 41.1 Å². The maximum absolute atomic E-state index is 12.1. The lowest BCUT2D eigenvalue weighted by Crippen LogP contribution is -1.99. The van der Waals surface area contributed by atoms with Crippen LogP contribution in [0.1, 0.15) is 0 Å². The van der Waals surface area contributed by atoms with E-state index >= 15 is 0 Å². The van der Waals surface area contributed by atoms with Gasteiger partial charge in [0.15, 0.2) is 0 Å². The lowest BCUT2D eigenvalue weighted by molar-refractivity contribution is 1.44. The summed E-state index contributed by atoms with van der Waals surface area (Å²) < 4.78 is 0.0172. The molecule has 0 spiro atoms. The molecule has 2 aromatic heterocycles. The van der Waals surface area contributed by atoms with Crippen molar-refractivity contribution in [2.24, 2.45) is 0 Å². The highest BCUT2D eigenvalue weighted by atomic mass is 35.5. The van der Waals surface area contributed by atoms with Crippen LogP contribution in [0.2, 0.25) is 5.02 Å². The quantitative estimate of drug-likeness (QED) is 0.671. The fourth-order valence-corrected chi connectivity index (χ4v) is 2.73. The molecule has 3 aromatic rings. The van der Waals surface area contributed by atoms with Crippen LogP contribution in [-0.4, -0.2) is 4.98 Å². The third-order valence-electron chi connectivity index (χ3n) is 2.66. The number of hydrogen-bond acceptors (Lipinski definition) is 3. The summed E-state index contributed by atoms with van der Waals surface area (Å²) >= 11 is 7.02. The fraction of sp³-hybridized carbons (Fsp3) is 0. The van der Waals surface area contributed by atoms with E-state index in [0.29, 0.717) is 10.6 Å². The van der Waals surface area contributed by atoms with Gasteiger partial charge in [0, 0.05) is 22.2 Å². The minimum atomic E-state index is 0.0172. The second-order valence-corrected chi connectivity index (χ2v) is 5.25. The van der Waals surface area contributed by atoms with E-state index in [4.69, 9.17) is 11.6 Å². The molecule has 4 heteroatoms. The van der Waals surface area contributed by atoms with Gasteiger partial charge in [-0.3, -0.25) is 4.79 Å². The molecule has 0 aliphatic heterocycles. The van der Waals surface area contributed by atoms with Crippen molar-refractivity contribution in [2.75, 3.05) is 0 Å². The Bertz CT molecular complexity index is 765. The number of aromatic nitrogens is 1. The Kier molecular flexibility index (Phi) is 2.86. The molecule has 0 saturated carbocycles. The predicted octanol–water partition coefficient (Wildman–Crippen LogP) is 3.98. The van der Waals surface area contributed by atoms with Crippen LogP contribution in [0, 0.1) is 0 Å². The molecule has 0 unspecified atom stereocenters. The van der Waals surface area contributed by atoms with Crippen LogP contribution in [0.25, 0.3) is 21.3 Å². The van der Waals surface area contributed by atoms with Gasteiger partial charge in [0.1, 0.15) is 4.83 Å². The average Bonchev–Trinajstić information content (AvgIpc) is 2.39. The number of hydrogen-bond donors (Lipinski definition) is 0. The first kappa shape index (κ1) is 11.4. The number of nitrogens with zero attached hydrogens (tertiary/aromatic N) is 1. The molecule has 0 radical (unpaired) electrons. The molecular weight excluding hydrogens is 266 g/mol. The van der Waals surface area contributed by atoms with Gasteiger partial charge >= 0.3 is 0 Å². The first-order chi connectivity index (χ1) is 8.74. The van der Waals surface area contributed by atoms with E-state index in [9.17, 15) is 4.79 Å². The molecular formula is C14H8ClNOS. The molecule has 0 atom stereocenters. The molecule has 18 heavy (non-hydrogen) atoms. The zero-order valence-electron chi connectivity index (χ0n) is 9.26. The Morgan fingerprint density at radius 3 is 2.67 bits per heavy atom. The van der Waals surface area contributed by atoms with Crippen LogP contribution >= 0.6 is 22.9 Å². The number of pyridine rings is 1. The van der Waals surface area contributed by atoms with E-state index in [-0.39, 0.29) is 4.74 Å². The van der Waals surface area contributed by atoms with Gasteiger partial charge in [-0.15, -0.1) is 0 Å². The Balaban J connectivity index is 2.26. The third-order valence-corrected chi connectivity index (χ3v) is 3.86. The summed E-state index contributed by atoms with van der Waals surface area (Å²) in [5.74, 6) is 0. The van der Waals surface area contributed by atoms with Crippen LogP contribution in [0.15, 0.2) is 53.5 Å². The first-order valence-electron chi connectivity index (χ1n) is 5.39. The van der Waals surface area contributed by atoms with Crippen LogP contribution in [0.3, 0.4) is 0 Å². The number of fused-ring (bicyclic) bond motifs is 1. The van der Waals surface area contributed by atoms with Gasteiger partial charge in [-0.2, -0.15) is 0 Å². The lowest BCUT2D eigenvalue weighted by atomic mass is 10.1. The van der Waals surface area contributed by atoms with Crippen molar-refractivity contribution in [3.63, 3.8) is 0 Å². The SMILES string of the molecule is O=c1sc2ncccc2cc1-c1ccc(Cl)cc1. The topological polar surface area (TPSA) is 30.0 Å². The minimum absolute atomic E-state index is 0.0172. The van der Waals surface area contributed by atoms with Gasteiger partial charge in [0.05, 0.1) is 0 Å². The molecule has 88 valence electrons. The summed E-state index contributed by atoms with van der Waals surface area (Å²) in [5.41, 5.74) is 1.57. The Hall–Kier alpha value is -1.71. The van der Waals surface area contributed by atoms with E-state index in [1.807, 2.05) is 30.3 Å². The highest BCUT2D eigenvalue weighted by molar-refractivity contribution is 7.16. The van der Waals surface area contributed by atoms with Crippen molar-refractivity contribution < 1.29 is 0 Å². The maximum Gasteiger partial charge on any atom is 0.242 e. The van der Waals surface area contributed by atoms with E-state index < -0.39 is 0 Å². The van der Waals surface area contributed by atoms with E-state index in [2.05, 4.69) is 4.98 Å². The van der Waals surface area contributed by atoms with Gasteiger partial charge in [0.2, 0.25) is 4.74 Å². The van der Waals surface area contributed by atoms with E-state index in [1.165, 1.54) is 11.3 Å². The number of rotatable bonds is 1. The zero-order chi connectivity index (χ0) is 12.5. The van der Waals surface area contributed by atoms with Gasteiger partial charge in [-0.05, 0) is 29.8 Å². The number of benzene rings is 1. The normalized spacial score (nSPS) is 10.7. The second kappa shape index (κ2) is 4.52. The molecule has 0 amide bonds. The van der Waals surface area contributed by atoms with E-state index in [0.717, 1.165) is 15.8 Å². The Morgan fingerprint density at radius 1 is 1.11 bits per heavy atom. The van der Waals surface area contributed by atoms with Gasteiger partial charge < -0.3 is 0 Å². The highest BCUT2D eigenvalue weighted by Gasteiger charge is 2.06. The summed E-state index contributed by atoms with van der Waals surface area (Å²) in [4.78, 5) is 17.0. The summed E-state index contributed by atoms with van der Waals surface area (Å²) in [6.07, 6.45) is 1.69. The van der Waals surface area contributed by atoms with Crippen molar-refractivity contribution in [1.82, 2.24) is 4.98 Å². The maximum atomic E-state index is 12.1. The molecule has 1 aromatic carbocycles. The molecule has 0 fully saturated rings. The van der Waals surface area contributed by atoms with E-state index in [1.54, 1.807) is 18.3 Å². The van der Waals surface area contributed by atoms with Crippen LogP contribution in [0.4, 0.5) is 0 Å². The fourth-order valence-electron chi connectivity index (χ4n) is 1.79. The largest absolute Gasteiger partial charge is 0.277 e.